The molecule has 3 heterocycles. The first kappa shape index (κ1) is 23.7. The third-order valence-electron chi connectivity index (χ3n) is 7.32. The number of hydrogen-bond donors (Lipinski definition) is 1. The second kappa shape index (κ2) is 9.56. The van der Waals surface area contributed by atoms with Crippen molar-refractivity contribution in [3.05, 3.63) is 66.5 Å². The van der Waals surface area contributed by atoms with E-state index < -0.39 is 0 Å². The molecule has 0 radical (unpaired) electrons. The molecule has 1 N–H and O–H groups in total. The molecule has 2 fully saturated rings. The number of H-pyrrole nitrogens is 1. The molecule has 3 aromatic rings. The molecule has 1 spiro atoms. The van der Waals surface area contributed by atoms with Crippen molar-refractivity contribution in [1.29, 1.82) is 0 Å². The maximum Gasteiger partial charge on any atom is 0.325 e. The van der Waals surface area contributed by atoms with Gasteiger partial charge < -0.3 is 19.4 Å². The van der Waals surface area contributed by atoms with Crippen LogP contribution in [0.1, 0.15) is 18.4 Å². The number of aromatic amines is 1. The summed E-state index contributed by atoms with van der Waals surface area (Å²) < 4.78 is 5.41. The van der Waals surface area contributed by atoms with E-state index in [-0.39, 0.29) is 17.6 Å². The molecule has 0 aliphatic carbocycles. The van der Waals surface area contributed by atoms with Crippen LogP contribution in [-0.4, -0.2) is 83.3 Å². The quantitative estimate of drug-likeness (QED) is 0.587. The summed E-state index contributed by atoms with van der Waals surface area (Å²) >= 11 is 0. The van der Waals surface area contributed by atoms with Gasteiger partial charge in [0.25, 0.3) is 0 Å². The molecule has 9 heteroatoms. The summed E-state index contributed by atoms with van der Waals surface area (Å²) in [6.07, 6.45) is 5.09. The van der Waals surface area contributed by atoms with Crippen molar-refractivity contribution in [3.8, 4) is 16.9 Å². The highest BCUT2D eigenvalue weighted by Gasteiger charge is 2.51. The number of piperidine rings is 1. The van der Waals surface area contributed by atoms with Gasteiger partial charge in [-0.15, -0.1) is 0 Å². The Hall–Kier alpha value is -4.01. The van der Waals surface area contributed by atoms with Crippen LogP contribution < -0.4 is 9.64 Å². The van der Waals surface area contributed by atoms with Crippen LogP contribution in [0.25, 0.3) is 11.1 Å². The highest BCUT2D eigenvalue weighted by Crippen LogP contribution is 2.40. The first-order chi connectivity index (χ1) is 17.4. The standard InChI is InChI=1S/C27H32N6O3/c1-30(2)25(34)31-13-11-27(12-14-31)19-32(23-9-7-21(8-10-23)22-16-28-29-17-22)26(35)33(27)18-20-5-4-6-24(15-20)36-3/h4-10,15-17H,11-14,18-19H2,1-3H3,(H,28,29). The van der Waals surface area contributed by atoms with Crippen LogP contribution >= 0.6 is 0 Å². The summed E-state index contributed by atoms with van der Waals surface area (Å²) in [5.74, 6) is 0.770. The van der Waals surface area contributed by atoms with Gasteiger partial charge in [0.2, 0.25) is 0 Å². The molecule has 0 unspecified atom stereocenters. The molecule has 188 valence electrons. The SMILES string of the molecule is COc1cccc(CN2C(=O)N(c3ccc(-c4cn[nH]c4)cc3)CC23CCN(C(=O)N(C)C)CC3)c1. The van der Waals surface area contributed by atoms with Crippen molar-refractivity contribution in [2.24, 2.45) is 0 Å². The number of aromatic nitrogens is 2. The maximum absolute atomic E-state index is 13.9. The number of benzene rings is 2. The van der Waals surface area contributed by atoms with Crippen LogP contribution in [-0.2, 0) is 6.54 Å². The van der Waals surface area contributed by atoms with E-state index in [2.05, 4.69) is 10.2 Å². The monoisotopic (exact) mass is 488 g/mol. The van der Waals surface area contributed by atoms with Crippen molar-refractivity contribution in [2.75, 3.05) is 45.7 Å². The van der Waals surface area contributed by atoms with Crippen LogP contribution in [0.4, 0.5) is 15.3 Å². The number of hydrogen-bond acceptors (Lipinski definition) is 4. The molecule has 2 saturated heterocycles. The van der Waals surface area contributed by atoms with Crippen molar-refractivity contribution in [3.63, 3.8) is 0 Å². The van der Waals surface area contributed by atoms with E-state index in [1.54, 1.807) is 32.3 Å². The number of nitrogens with zero attached hydrogens (tertiary/aromatic N) is 5. The number of anilines is 1. The number of rotatable bonds is 5. The van der Waals surface area contributed by atoms with Crippen molar-refractivity contribution in [2.45, 2.75) is 24.9 Å². The van der Waals surface area contributed by atoms with E-state index in [0.717, 1.165) is 41.0 Å². The largest absolute Gasteiger partial charge is 0.497 e. The summed E-state index contributed by atoms with van der Waals surface area (Å²) in [6.45, 7) is 2.31. The van der Waals surface area contributed by atoms with Crippen LogP contribution in [0.3, 0.4) is 0 Å². The van der Waals surface area contributed by atoms with Gasteiger partial charge in [-0.25, -0.2) is 9.59 Å². The Morgan fingerprint density at radius 2 is 1.86 bits per heavy atom. The van der Waals surface area contributed by atoms with Gasteiger partial charge in [-0.2, -0.15) is 5.10 Å². The molecule has 2 aromatic carbocycles. The zero-order chi connectivity index (χ0) is 25.3. The van der Waals surface area contributed by atoms with Crippen molar-refractivity contribution < 1.29 is 14.3 Å². The predicted molar refractivity (Wildman–Crippen MR) is 138 cm³/mol. The van der Waals surface area contributed by atoms with Gasteiger partial charge in [0.1, 0.15) is 5.75 Å². The normalized spacial score (nSPS) is 17.1. The average Bonchev–Trinajstić information content (AvgIpc) is 3.53. The van der Waals surface area contributed by atoms with Gasteiger partial charge >= 0.3 is 12.1 Å². The maximum atomic E-state index is 13.9. The molecule has 2 aliphatic rings. The number of amides is 4. The zero-order valence-electron chi connectivity index (χ0n) is 21.0. The highest BCUT2D eigenvalue weighted by atomic mass is 16.5. The van der Waals surface area contributed by atoms with Gasteiger partial charge in [-0.1, -0.05) is 24.3 Å². The summed E-state index contributed by atoms with van der Waals surface area (Å²) in [6, 6.07) is 15.9. The first-order valence-electron chi connectivity index (χ1n) is 12.2. The predicted octanol–water partition coefficient (Wildman–Crippen LogP) is 4.04. The molecule has 1 aromatic heterocycles. The van der Waals surface area contributed by atoms with Crippen LogP contribution in [0.15, 0.2) is 60.9 Å². The van der Waals surface area contributed by atoms with Crippen LogP contribution in [0.2, 0.25) is 0 Å². The van der Waals surface area contributed by atoms with E-state index in [9.17, 15) is 9.59 Å². The van der Waals surface area contributed by atoms with Gasteiger partial charge in [-0.3, -0.25) is 10.00 Å². The minimum absolute atomic E-state index is 0.0127. The smallest absolute Gasteiger partial charge is 0.325 e. The minimum Gasteiger partial charge on any atom is -0.497 e. The lowest BCUT2D eigenvalue weighted by Crippen LogP contribution is -2.56. The molecule has 2 aliphatic heterocycles. The molecule has 0 bridgehead atoms. The van der Waals surface area contributed by atoms with Crippen LogP contribution in [0, 0.1) is 0 Å². The lowest BCUT2D eigenvalue weighted by molar-refractivity contribution is 0.0767. The molecule has 5 rings (SSSR count). The second-order valence-electron chi connectivity index (χ2n) is 9.73. The van der Waals surface area contributed by atoms with E-state index in [0.29, 0.717) is 26.2 Å². The van der Waals surface area contributed by atoms with E-state index >= 15 is 0 Å². The number of ether oxygens (including phenoxy) is 1. The molecule has 0 saturated carbocycles. The Morgan fingerprint density at radius 1 is 1.11 bits per heavy atom. The molecular weight excluding hydrogens is 456 g/mol. The fraction of sp³-hybridized carbons (Fsp3) is 0.370. The average molecular weight is 489 g/mol. The summed E-state index contributed by atoms with van der Waals surface area (Å²) in [7, 11) is 5.19. The minimum atomic E-state index is -0.355. The summed E-state index contributed by atoms with van der Waals surface area (Å²) in [5, 5.41) is 6.86. The van der Waals surface area contributed by atoms with E-state index in [1.807, 2.05) is 69.4 Å². The molecule has 0 atom stereocenters. The fourth-order valence-corrected chi connectivity index (χ4v) is 5.25. The second-order valence-corrected chi connectivity index (χ2v) is 9.73. The Labute approximate surface area is 211 Å². The lowest BCUT2D eigenvalue weighted by Gasteiger charge is -2.44. The number of carbonyl (C=O) groups excluding carboxylic acids is 2. The third kappa shape index (κ3) is 4.36. The molecule has 36 heavy (non-hydrogen) atoms. The molecule has 4 amide bonds. The van der Waals surface area contributed by atoms with E-state index in [1.165, 1.54) is 0 Å². The van der Waals surface area contributed by atoms with Gasteiger partial charge in [0.15, 0.2) is 0 Å². The number of likely N-dealkylation sites (tertiary alicyclic amines) is 1. The number of methoxy groups -OCH3 is 1. The van der Waals surface area contributed by atoms with Crippen molar-refractivity contribution >= 4 is 17.7 Å². The summed E-state index contributed by atoms with van der Waals surface area (Å²) in [5.41, 5.74) is 3.57. The van der Waals surface area contributed by atoms with Gasteiger partial charge in [-0.05, 0) is 48.2 Å². The first-order valence-corrected chi connectivity index (χ1v) is 12.2. The van der Waals surface area contributed by atoms with E-state index in [4.69, 9.17) is 4.74 Å². The van der Waals surface area contributed by atoms with Gasteiger partial charge in [0.05, 0.1) is 25.4 Å². The van der Waals surface area contributed by atoms with Gasteiger partial charge in [0, 0.05) is 51.2 Å². The molecule has 9 nitrogen and oxygen atoms in total. The van der Waals surface area contributed by atoms with Crippen LogP contribution in [0.5, 0.6) is 5.75 Å². The van der Waals surface area contributed by atoms with Crippen molar-refractivity contribution in [1.82, 2.24) is 24.9 Å². The Kier molecular flexibility index (Phi) is 6.30. The lowest BCUT2D eigenvalue weighted by atomic mass is 9.86. The topological polar surface area (TPSA) is 85.0 Å². The fourth-order valence-electron chi connectivity index (χ4n) is 5.25. The third-order valence-corrected chi connectivity index (χ3v) is 7.32. The Bertz CT molecular complexity index is 1220. The Balaban J connectivity index is 1.43. The Morgan fingerprint density at radius 3 is 2.50 bits per heavy atom. The highest BCUT2D eigenvalue weighted by molar-refractivity contribution is 5.95. The molecular formula is C27H32N6O3. The summed E-state index contributed by atoms with van der Waals surface area (Å²) in [4.78, 5) is 33.8. The number of nitrogens with one attached hydrogen (secondary N) is 1. The number of urea groups is 2. The number of carbonyl (C=O) groups is 2. The zero-order valence-corrected chi connectivity index (χ0v) is 21.0.